The van der Waals surface area contributed by atoms with Crippen LogP contribution >= 0.6 is 0 Å². The molecule has 1 aromatic carbocycles. The fourth-order valence-corrected chi connectivity index (χ4v) is 5.26. The summed E-state index contributed by atoms with van der Waals surface area (Å²) in [5.41, 5.74) is 1.78. The highest BCUT2D eigenvalue weighted by molar-refractivity contribution is 7.89. The van der Waals surface area contributed by atoms with E-state index in [9.17, 15) is 22.0 Å². The number of aryl methyl sites for hydroxylation is 1. The van der Waals surface area contributed by atoms with Crippen LogP contribution in [0, 0.1) is 6.92 Å². The number of ether oxygens (including phenoxy) is 1. The van der Waals surface area contributed by atoms with Gasteiger partial charge >= 0.3 is 12.6 Å². The summed E-state index contributed by atoms with van der Waals surface area (Å²) >= 11 is 0. The lowest BCUT2D eigenvalue weighted by Gasteiger charge is -2.24. The first-order valence-corrected chi connectivity index (χ1v) is 11.4. The van der Waals surface area contributed by atoms with E-state index in [-0.39, 0.29) is 35.8 Å². The zero-order valence-electron chi connectivity index (χ0n) is 17.5. The van der Waals surface area contributed by atoms with Gasteiger partial charge in [0.1, 0.15) is 17.3 Å². The van der Waals surface area contributed by atoms with Crippen molar-refractivity contribution in [2.75, 3.05) is 26.2 Å². The average molecular weight is 467 g/mol. The van der Waals surface area contributed by atoms with Gasteiger partial charge in [0.2, 0.25) is 10.0 Å². The van der Waals surface area contributed by atoms with Crippen LogP contribution in [0.2, 0.25) is 0 Å². The number of hydrogen-bond acceptors (Lipinski definition) is 5. The van der Waals surface area contributed by atoms with E-state index in [2.05, 4.69) is 10.1 Å². The first-order valence-electron chi connectivity index (χ1n) is 10.00. The number of amides is 2. The molecule has 0 saturated heterocycles. The van der Waals surface area contributed by atoms with Crippen molar-refractivity contribution in [2.24, 2.45) is 0 Å². The van der Waals surface area contributed by atoms with Gasteiger partial charge in [0.25, 0.3) is 0 Å². The zero-order valence-corrected chi connectivity index (χ0v) is 18.4. The van der Waals surface area contributed by atoms with Gasteiger partial charge < -0.3 is 19.4 Å². The van der Waals surface area contributed by atoms with Crippen LogP contribution in [0.1, 0.15) is 24.5 Å². The molecule has 172 valence electrons. The molecule has 0 fully saturated rings. The summed E-state index contributed by atoms with van der Waals surface area (Å²) in [6.45, 7) is 1.75. The molecule has 11 heteroatoms. The Morgan fingerprint density at radius 2 is 1.69 bits per heavy atom. The van der Waals surface area contributed by atoms with Gasteiger partial charge in [0.15, 0.2) is 0 Å². The standard InChI is InChI=1S/C21H23F2N3O5S/c1-13-3-8-19(30-13)14(2)24-21(27)25-9-15-11-26(12-16(15)10-25)32(28,29)18-6-4-17(5-7-18)31-20(22)23/h3-8,14,20H,9-12H2,1-2H3,(H,24,27). The number of nitrogens with zero attached hydrogens (tertiary/aromatic N) is 2. The van der Waals surface area contributed by atoms with Crippen LogP contribution in [0.4, 0.5) is 13.6 Å². The maximum Gasteiger partial charge on any atom is 0.387 e. The minimum atomic E-state index is -3.80. The summed E-state index contributed by atoms with van der Waals surface area (Å²) in [5.74, 6) is 1.32. The predicted molar refractivity (Wildman–Crippen MR) is 111 cm³/mol. The SMILES string of the molecule is Cc1ccc(C(C)NC(=O)N2CC3=C(C2)CN(S(=O)(=O)c2ccc(OC(F)F)cc2)C3)o1. The molecule has 1 aromatic heterocycles. The second kappa shape index (κ2) is 8.55. The number of halogens is 2. The number of rotatable bonds is 6. The third-order valence-electron chi connectivity index (χ3n) is 5.50. The number of urea groups is 1. The first-order chi connectivity index (χ1) is 15.1. The molecule has 2 amide bonds. The quantitative estimate of drug-likeness (QED) is 0.659. The van der Waals surface area contributed by atoms with E-state index >= 15 is 0 Å². The monoisotopic (exact) mass is 467 g/mol. The number of alkyl halides is 2. The summed E-state index contributed by atoms with van der Waals surface area (Å²) in [4.78, 5) is 14.3. The number of sulfonamides is 1. The summed E-state index contributed by atoms with van der Waals surface area (Å²) < 4.78 is 61.5. The second-order valence-corrected chi connectivity index (χ2v) is 9.74. The topological polar surface area (TPSA) is 92.1 Å². The normalized spacial score (nSPS) is 17.7. The molecule has 3 heterocycles. The molecule has 4 rings (SSSR count). The van der Waals surface area contributed by atoms with E-state index < -0.39 is 16.6 Å². The van der Waals surface area contributed by atoms with E-state index in [4.69, 9.17) is 4.42 Å². The Morgan fingerprint density at radius 3 is 2.22 bits per heavy atom. The summed E-state index contributed by atoms with van der Waals surface area (Å²) in [7, 11) is -3.80. The Bertz CT molecular complexity index is 1130. The molecule has 8 nitrogen and oxygen atoms in total. The van der Waals surface area contributed by atoms with Crippen LogP contribution in [0.5, 0.6) is 5.75 Å². The molecule has 1 N–H and O–H groups in total. The Hall–Kier alpha value is -2.92. The van der Waals surface area contributed by atoms with Crippen molar-refractivity contribution >= 4 is 16.1 Å². The number of carbonyl (C=O) groups excluding carboxylic acids is 1. The van der Waals surface area contributed by atoms with E-state index in [0.29, 0.717) is 18.8 Å². The largest absolute Gasteiger partial charge is 0.464 e. The lowest BCUT2D eigenvalue weighted by Crippen LogP contribution is -2.42. The average Bonchev–Trinajstić information content (AvgIpc) is 3.42. The number of hydrogen-bond donors (Lipinski definition) is 1. The third kappa shape index (κ3) is 4.49. The highest BCUT2D eigenvalue weighted by Gasteiger charge is 2.38. The molecule has 32 heavy (non-hydrogen) atoms. The molecule has 2 aliphatic heterocycles. The zero-order chi connectivity index (χ0) is 23.0. The van der Waals surface area contributed by atoms with Crippen LogP contribution in [0.15, 0.2) is 56.9 Å². The van der Waals surface area contributed by atoms with Crippen molar-refractivity contribution in [2.45, 2.75) is 31.4 Å². The van der Waals surface area contributed by atoms with Gasteiger partial charge in [-0.25, -0.2) is 13.2 Å². The molecule has 0 aliphatic carbocycles. The van der Waals surface area contributed by atoms with Crippen molar-refractivity contribution in [3.05, 3.63) is 59.1 Å². The summed E-state index contributed by atoms with van der Waals surface area (Å²) in [6.07, 6.45) is 0. The molecule has 0 saturated carbocycles. The molecule has 0 radical (unpaired) electrons. The molecular weight excluding hydrogens is 444 g/mol. The van der Waals surface area contributed by atoms with Gasteiger partial charge in [0, 0.05) is 26.2 Å². The van der Waals surface area contributed by atoms with Crippen molar-refractivity contribution < 1.29 is 31.1 Å². The second-order valence-electron chi connectivity index (χ2n) is 7.81. The number of carbonyl (C=O) groups is 1. The molecule has 0 spiro atoms. The van der Waals surface area contributed by atoms with E-state index in [1.165, 1.54) is 28.6 Å². The van der Waals surface area contributed by atoms with Crippen LogP contribution in [0.3, 0.4) is 0 Å². The Kier molecular flexibility index (Phi) is 5.95. The lowest BCUT2D eigenvalue weighted by atomic mass is 10.2. The molecule has 2 aromatic rings. The van der Waals surface area contributed by atoms with Gasteiger partial charge in [0.05, 0.1) is 10.9 Å². The maximum atomic E-state index is 12.9. The summed E-state index contributed by atoms with van der Waals surface area (Å²) in [5, 5.41) is 2.90. The Balaban J connectivity index is 1.34. The lowest BCUT2D eigenvalue weighted by molar-refractivity contribution is -0.0498. The minimum absolute atomic E-state index is 0.00236. The fourth-order valence-electron chi connectivity index (χ4n) is 3.84. The van der Waals surface area contributed by atoms with E-state index in [1.807, 2.05) is 26.0 Å². The van der Waals surface area contributed by atoms with Crippen LogP contribution < -0.4 is 10.1 Å². The van der Waals surface area contributed by atoms with Gasteiger partial charge in [-0.05, 0) is 61.4 Å². The van der Waals surface area contributed by atoms with Gasteiger partial charge in [-0.15, -0.1) is 0 Å². The highest BCUT2D eigenvalue weighted by atomic mass is 32.2. The van der Waals surface area contributed by atoms with Crippen molar-refractivity contribution in [3.8, 4) is 5.75 Å². The molecule has 1 atom stereocenters. The first kappa shape index (κ1) is 22.3. The molecule has 1 unspecified atom stereocenters. The third-order valence-corrected chi connectivity index (χ3v) is 7.31. The minimum Gasteiger partial charge on any atom is -0.464 e. The maximum absolute atomic E-state index is 12.9. The highest BCUT2D eigenvalue weighted by Crippen LogP contribution is 2.31. The van der Waals surface area contributed by atoms with Gasteiger partial charge in [-0.1, -0.05) is 0 Å². The Labute approximate surface area is 184 Å². The molecular formula is C21H23F2N3O5S. The van der Waals surface area contributed by atoms with Crippen molar-refractivity contribution in [1.82, 2.24) is 14.5 Å². The van der Waals surface area contributed by atoms with Gasteiger partial charge in [-0.2, -0.15) is 13.1 Å². The van der Waals surface area contributed by atoms with Crippen molar-refractivity contribution in [3.63, 3.8) is 0 Å². The predicted octanol–water partition coefficient (Wildman–Crippen LogP) is 3.28. The van der Waals surface area contributed by atoms with Crippen LogP contribution in [-0.2, 0) is 10.0 Å². The molecule has 0 bridgehead atoms. The van der Waals surface area contributed by atoms with E-state index in [0.717, 1.165) is 16.9 Å². The van der Waals surface area contributed by atoms with Crippen molar-refractivity contribution in [1.29, 1.82) is 0 Å². The Morgan fingerprint density at radius 1 is 1.06 bits per heavy atom. The van der Waals surface area contributed by atoms with Gasteiger partial charge in [-0.3, -0.25) is 0 Å². The van der Waals surface area contributed by atoms with Crippen LogP contribution in [0.25, 0.3) is 0 Å². The number of benzene rings is 1. The smallest absolute Gasteiger partial charge is 0.387 e. The fraction of sp³-hybridized carbons (Fsp3) is 0.381. The van der Waals surface area contributed by atoms with E-state index in [1.54, 1.807) is 4.90 Å². The number of nitrogens with one attached hydrogen (secondary N) is 1. The number of furan rings is 1. The summed E-state index contributed by atoms with van der Waals surface area (Å²) in [6, 6.07) is 8.00. The molecule has 2 aliphatic rings. The van der Waals surface area contributed by atoms with Crippen LogP contribution in [-0.4, -0.2) is 56.4 Å².